The lowest BCUT2D eigenvalue weighted by Gasteiger charge is -2.11. The maximum absolute atomic E-state index is 12.4. The third-order valence-corrected chi connectivity index (χ3v) is 5.15. The lowest BCUT2D eigenvalue weighted by atomic mass is 10.2. The number of rotatable bonds is 8. The maximum Gasteiger partial charge on any atom is 0.240 e. The fourth-order valence-electron chi connectivity index (χ4n) is 2.35. The van der Waals surface area contributed by atoms with Crippen LogP contribution in [0.4, 0.5) is 11.8 Å². The molecule has 0 atom stereocenters. The Labute approximate surface area is 149 Å². The highest BCUT2D eigenvalue weighted by Gasteiger charge is 2.16. The van der Waals surface area contributed by atoms with Crippen LogP contribution < -0.4 is 15.4 Å². The topological polar surface area (TPSA) is 96.0 Å². The molecule has 0 aliphatic carbocycles. The van der Waals surface area contributed by atoms with E-state index in [1.165, 1.54) is 0 Å². The smallest absolute Gasteiger partial charge is 0.240 e. The molecule has 0 aliphatic rings. The summed E-state index contributed by atoms with van der Waals surface area (Å²) in [5.41, 5.74) is 2.47. The van der Waals surface area contributed by atoms with Crippen LogP contribution in [0.15, 0.2) is 29.2 Å². The SMILES string of the molecule is CCNc1cc(C)nc(NCCNS(=O)(=O)c2cc(C)ccc2C)n1. The second-order valence-electron chi connectivity index (χ2n) is 5.84. The Bertz CT molecular complexity index is 837. The van der Waals surface area contributed by atoms with Crippen LogP contribution in [0.1, 0.15) is 23.7 Å². The third kappa shape index (κ3) is 5.40. The molecule has 0 unspecified atom stereocenters. The van der Waals surface area contributed by atoms with Crippen molar-refractivity contribution in [3.8, 4) is 0 Å². The van der Waals surface area contributed by atoms with Crippen LogP contribution in [0.25, 0.3) is 0 Å². The highest BCUT2D eigenvalue weighted by molar-refractivity contribution is 7.89. The zero-order valence-corrected chi connectivity index (χ0v) is 15.9. The normalized spacial score (nSPS) is 11.4. The van der Waals surface area contributed by atoms with Gasteiger partial charge in [-0.3, -0.25) is 0 Å². The number of hydrogen-bond acceptors (Lipinski definition) is 6. The molecule has 0 amide bonds. The molecule has 7 nitrogen and oxygen atoms in total. The largest absolute Gasteiger partial charge is 0.370 e. The van der Waals surface area contributed by atoms with Crippen molar-refractivity contribution in [3.63, 3.8) is 0 Å². The molecule has 0 spiro atoms. The molecule has 0 saturated heterocycles. The maximum atomic E-state index is 12.4. The Morgan fingerprint density at radius 3 is 2.48 bits per heavy atom. The minimum Gasteiger partial charge on any atom is -0.370 e. The van der Waals surface area contributed by atoms with E-state index < -0.39 is 10.0 Å². The van der Waals surface area contributed by atoms with E-state index in [9.17, 15) is 8.42 Å². The summed E-state index contributed by atoms with van der Waals surface area (Å²) in [6.45, 7) is 8.93. The first-order chi connectivity index (χ1) is 11.8. The van der Waals surface area contributed by atoms with Gasteiger partial charge in [-0.05, 0) is 44.9 Å². The fourth-order valence-corrected chi connectivity index (χ4v) is 3.71. The van der Waals surface area contributed by atoms with Crippen LogP contribution in [0.5, 0.6) is 0 Å². The van der Waals surface area contributed by atoms with Crippen molar-refractivity contribution in [2.24, 2.45) is 0 Å². The van der Waals surface area contributed by atoms with Gasteiger partial charge in [-0.2, -0.15) is 4.98 Å². The zero-order valence-electron chi connectivity index (χ0n) is 15.0. The van der Waals surface area contributed by atoms with Crippen LogP contribution in [-0.4, -0.2) is 38.0 Å². The van der Waals surface area contributed by atoms with E-state index in [1.54, 1.807) is 13.0 Å². The van der Waals surface area contributed by atoms with E-state index in [0.717, 1.165) is 29.2 Å². The molecule has 0 bridgehead atoms. The van der Waals surface area contributed by atoms with Gasteiger partial charge in [0.05, 0.1) is 4.90 Å². The number of aryl methyl sites for hydroxylation is 3. The Kier molecular flexibility index (Phi) is 6.33. The Morgan fingerprint density at radius 1 is 1.00 bits per heavy atom. The van der Waals surface area contributed by atoms with Gasteiger partial charge in [0.15, 0.2) is 0 Å². The molecule has 0 saturated carbocycles. The Morgan fingerprint density at radius 2 is 1.76 bits per heavy atom. The minimum atomic E-state index is -3.54. The summed E-state index contributed by atoms with van der Waals surface area (Å²) in [4.78, 5) is 8.94. The summed E-state index contributed by atoms with van der Waals surface area (Å²) >= 11 is 0. The molecule has 2 aromatic rings. The highest BCUT2D eigenvalue weighted by Crippen LogP contribution is 2.16. The van der Waals surface area contributed by atoms with E-state index in [0.29, 0.717) is 17.4 Å². The molecule has 1 aromatic carbocycles. The van der Waals surface area contributed by atoms with E-state index in [2.05, 4.69) is 25.3 Å². The number of aromatic nitrogens is 2. The predicted octanol–water partition coefficient (Wildman–Crippen LogP) is 2.22. The molecule has 136 valence electrons. The first-order valence-corrected chi connectivity index (χ1v) is 9.70. The predicted molar refractivity (Wildman–Crippen MR) is 101 cm³/mol. The minimum absolute atomic E-state index is 0.240. The molecule has 1 heterocycles. The van der Waals surface area contributed by atoms with Crippen molar-refractivity contribution < 1.29 is 8.42 Å². The molecule has 0 aliphatic heterocycles. The lowest BCUT2D eigenvalue weighted by Crippen LogP contribution is -2.29. The molecular weight excluding hydrogens is 338 g/mol. The molecule has 8 heteroatoms. The van der Waals surface area contributed by atoms with Crippen molar-refractivity contribution in [3.05, 3.63) is 41.1 Å². The number of anilines is 2. The summed E-state index contributed by atoms with van der Waals surface area (Å²) in [5.74, 6) is 1.22. The molecule has 3 N–H and O–H groups in total. The highest BCUT2D eigenvalue weighted by atomic mass is 32.2. The first-order valence-electron chi connectivity index (χ1n) is 8.22. The van der Waals surface area contributed by atoms with Crippen LogP contribution in [0.3, 0.4) is 0 Å². The first kappa shape index (κ1) is 19.1. The third-order valence-electron chi connectivity index (χ3n) is 3.55. The standard InChI is InChI=1S/C17H25N5O2S/c1-5-18-16-11-14(4)21-17(22-16)19-8-9-20-25(23,24)15-10-12(2)6-7-13(15)3/h6-7,10-11,20H,5,8-9H2,1-4H3,(H2,18,19,21,22). The summed E-state index contributed by atoms with van der Waals surface area (Å²) in [6, 6.07) is 7.24. The van der Waals surface area contributed by atoms with E-state index in [4.69, 9.17) is 0 Å². The number of nitrogens with one attached hydrogen (secondary N) is 3. The van der Waals surface area contributed by atoms with Crippen LogP contribution in [0.2, 0.25) is 0 Å². The summed E-state index contributed by atoms with van der Waals surface area (Å²) in [5, 5.41) is 6.18. The van der Waals surface area contributed by atoms with Crippen molar-refractivity contribution in [2.45, 2.75) is 32.6 Å². The molecule has 2 rings (SSSR count). The van der Waals surface area contributed by atoms with Gasteiger partial charge in [-0.1, -0.05) is 12.1 Å². The summed E-state index contributed by atoms with van der Waals surface area (Å²) < 4.78 is 27.5. The average Bonchev–Trinajstić information content (AvgIpc) is 2.54. The van der Waals surface area contributed by atoms with Crippen LogP contribution in [0, 0.1) is 20.8 Å². The second kappa shape index (κ2) is 8.26. The van der Waals surface area contributed by atoms with Gasteiger partial charge >= 0.3 is 0 Å². The van der Waals surface area contributed by atoms with Crippen molar-refractivity contribution in [1.82, 2.24) is 14.7 Å². The van der Waals surface area contributed by atoms with Gasteiger partial charge in [-0.25, -0.2) is 18.1 Å². The van der Waals surface area contributed by atoms with Crippen LogP contribution in [-0.2, 0) is 10.0 Å². The van der Waals surface area contributed by atoms with Crippen molar-refractivity contribution >= 4 is 21.8 Å². The number of sulfonamides is 1. The van der Waals surface area contributed by atoms with Gasteiger partial charge in [-0.15, -0.1) is 0 Å². The summed E-state index contributed by atoms with van der Waals surface area (Å²) in [7, 11) is -3.54. The fraction of sp³-hybridized carbons (Fsp3) is 0.412. The molecule has 0 fully saturated rings. The van der Waals surface area contributed by atoms with Gasteiger partial charge in [0.25, 0.3) is 0 Å². The van der Waals surface area contributed by atoms with Gasteiger partial charge in [0, 0.05) is 31.4 Å². The number of nitrogens with zero attached hydrogens (tertiary/aromatic N) is 2. The summed E-state index contributed by atoms with van der Waals surface area (Å²) in [6.07, 6.45) is 0. The zero-order chi connectivity index (χ0) is 18.4. The van der Waals surface area contributed by atoms with E-state index in [1.807, 2.05) is 39.0 Å². The second-order valence-corrected chi connectivity index (χ2v) is 7.58. The quantitative estimate of drug-likeness (QED) is 0.623. The number of hydrogen-bond donors (Lipinski definition) is 3. The van der Waals surface area contributed by atoms with E-state index >= 15 is 0 Å². The van der Waals surface area contributed by atoms with Crippen molar-refractivity contribution in [1.29, 1.82) is 0 Å². The van der Waals surface area contributed by atoms with Gasteiger partial charge in [0.2, 0.25) is 16.0 Å². The Hall–Kier alpha value is -2.19. The Balaban J connectivity index is 1.95. The van der Waals surface area contributed by atoms with Gasteiger partial charge in [0.1, 0.15) is 5.82 Å². The van der Waals surface area contributed by atoms with E-state index in [-0.39, 0.29) is 6.54 Å². The number of benzene rings is 1. The molecular formula is C17H25N5O2S. The molecule has 0 radical (unpaired) electrons. The van der Waals surface area contributed by atoms with Crippen LogP contribution >= 0.6 is 0 Å². The monoisotopic (exact) mass is 363 g/mol. The van der Waals surface area contributed by atoms with Crippen molar-refractivity contribution in [2.75, 3.05) is 30.3 Å². The molecule has 1 aromatic heterocycles. The average molecular weight is 363 g/mol. The lowest BCUT2D eigenvalue weighted by molar-refractivity contribution is 0.582. The molecule has 25 heavy (non-hydrogen) atoms. The van der Waals surface area contributed by atoms with Gasteiger partial charge < -0.3 is 10.6 Å².